The van der Waals surface area contributed by atoms with Gasteiger partial charge in [-0.25, -0.2) is 10.0 Å². The van der Waals surface area contributed by atoms with Crippen LogP contribution in [0.5, 0.6) is 0 Å². The molecule has 0 aromatic heterocycles. The van der Waals surface area contributed by atoms with Crippen molar-refractivity contribution in [3.8, 4) is 0 Å². The lowest BCUT2D eigenvalue weighted by Gasteiger charge is -2.33. The monoisotopic (exact) mass is 590 g/mol. The molecule has 10 nitrogen and oxygen atoms in total. The molecule has 0 spiro atoms. The van der Waals surface area contributed by atoms with Gasteiger partial charge in [0.1, 0.15) is 23.9 Å². The number of amides is 2. The quantitative estimate of drug-likeness (QED) is 0.236. The van der Waals surface area contributed by atoms with Crippen molar-refractivity contribution in [2.75, 3.05) is 10.6 Å². The maximum absolute atomic E-state index is 14.2. The lowest BCUT2D eigenvalue weighted by atomic mass is 9.82. The lowest BCUT2D eigenvalue weighted by molar-refractivity contribution is -0.147. The van der Waals surface area contributed by atoms with Gasteiger partial charge in [-0.1, -0.05) is 97.1 Å². The summed E-state index contributed by atoms with van der Waals surface area (Å²) in [7, 11) is 0. The van der Waals surface area contributed by atoms with E-state index in [4.69, 9.17) is 0 Å². The Hall–Kier alpha value is -5.32. The standard InChI is InChI=1S/C34H30N4O6/c39-31(35-23-17-9-3-10-18-23)29-25(33(41)42)27(21-13-5-1-6-14-21)37-30(32(40)36-24-19-11-4-12-20-24)26(34(43)44)28(38(29)37)22-15-7-2-8-16-22/h1-20,25-30H,(H,35,39)(H,36,40)(H,41,42)(H,43,44)/t25-,26-,27-,28+,29+,30+/m0/s1. The molecule has 0 aliphatic carbocycles. The number of nitrogens with zero attached hydrogens (tertiary/aromatic N) is 2. The Morgan fingerprint density at radius 2 is 0.773 bits per heavy atom. The van der Waals surface area contributed by atoms with E-state index in [1.807, 2.05) is 0 Å². The zero-order chi connectivity index (χ0) is 30.8. The van der Waals surface area contributed by atoms with E-state index in [2.05, 4.69) is 10.6 Å². The predicted octanol–water partition coefficient (Wildman–Crippen LogP) is 4.43. The number of benzene rings is 4. The summed E-state index contributed by atoms with van der Waals surface area (Å²) in [5, 5.41) is 30.2. The largest absolute Gasteiger partial charge is 0.481 e. The molecule has 2 aliphatic rings. The molecule has 2 saturated heterocycles. The average Bonchev–Trinajstić information content (AvgIpc) is 3.56. The number of carbonyl (C=O) groups is 4. The number of hydrazine groups is 1. The number of hydrogen-bond acceptors (Lipinski definition) is 6. The molecule has 0 unspecified atom stereocenters. The van der Waals surface area contributed by atoms with Crippen LogP contribution in [0.2, 0.25) is 0 Å². The Morgan fingerprint density at radius 1 is 0.477 bits per heavy atom. The predicted molar refractivity (Wildman–Crippen MR) is 162 cm³/mol. The number of carboxylic acids is 2. The number of rotatable bonds is 8. The molecule has 2 aliphatic heterocycles. The number of carboxylic acid groups (broad SMARTS) is 2. The van der Waals surface area contributed by atoms with Crippen LogP contribution in [0.4, 0.5) is 11.4 Å². The van der Waals surface area contributed by atoms with Crippen molar-refractivity contribution >= 4 is 35.1 Å². The van der Waals surface area contributed by atoms with Crippen molar-refractivity contribution in [2.24, 2.45) is 11.8 Å². The molecule has 222 valence electrons. The summed E-state index contributed by atoms with van der Waals surface area (Å²) in [6.45, 7) is 0. The van der Waals surface area contributed by atoms with Gasteiger partial charge in [0.25, 0.3) is 0 Å². The van der Waals surface area contributed by atoms with Gasteiger partial charge in [-0.3, -0.25) is 19.2 Å². The molecule has 2 amide bonds. The molecule has 6 atom stereocenters. The van der Waals surface area contributed by atoms with Crippen LogP contribution < -0.4 is 10.6 Å². The molecular formula is C34H30N4O6. The van der Waals surface area contributed by atoms with Crippen molar-refractivity contribution in [1.82, 2.24) is 10.0 Å². The van der Waals surface area contributed by atoms with Crippen molar-refractivity contribution in [1.29, 1.82) is 0 Å². The van der Waals surface area contributed by atoms with Gasteiger partial charge in [-0.05, 0) is 35.4 Å². The fourth-order valence-corrected chi connectivity index (χ4v) is 6.53. The van der Waals surface area contributed by atoms with Crippen molar-refractivity contribution in [2.45, 2.75) is 24.2 Å². The van der Waals surface area contributed by atoms with Gasteiger partial charge in [-0.15, -0.1) is 0 Å². The lowest BCUT2D eigenvalue weighted by Crippen LogP contribution is -2.48. The summed E-state index contributed by atoms with van der Waals surface area (Å²) in [5.41, 5.74) is 1.99. The van der Waals surface area contributed by atoms with E-state index >= 15 is 0 Å². The Labute approximate surface area is 253 Å². The van der Waals surface area contributed by atoms with Gasteiger partial charge >= 0.3 is 11.9 Å². The SMILES string of the molecule is O=C(O)[C@@H]1[C@H](C(=O)Nc2ccccc2)N2[C@H](c3ccccc3)[C@H](C(=O)O)[C@H](C(=O)Nc3ccccc3)N2[C@H]1c1ccccc1. The summed E-state index contributed by atoms with van der Waals surface area (Å²) < 4.78 is 0. The third kappa shape index (κ3) is 5.21. The number of carbonyl (C=O) groups excluding carboxylic acids is 2. The number of anilines is 2. The Balaban J connectivity index is 1.56. The van der Waals surface area contributed by atoms with Crippen molar-refractivity contribution < 1.29 is 29.4 Å². The highest BCUT2D eigenvalue weighted by molar-refractivity contribution is 6.01. The minimum Gasteiger partial charge on any atom is -0.481 e. The molecule has 0 saturated carbocycles. The summed E-state index contributed by atoms with van der Waals surface area (Å²) in [6, 6.07) is 29.9. The summed E-state index contributed by atoms with van der Waals surface area (Å²) in [5.74, 6) is -6.45. The molecule has 4 N–H and O–H groups in total. The second-order valence-corrected chi connectivity index (χ2v) is 10.8. The second-order valence-electron chi connectivity index (χ2n) is 10.8. The highest BCUT2D eigenvalue weighted by Crippen LogP contribution is 2.55. The van der Waals surface area contributed by atoms with E-state index in [9.17, 15) is 29.4 Å². The fourth-order valence-electron chi connectivity index (χ4n) is 6.53. The van der Waals surface area contributed by atoms with Gasteiger partial charge < -0.3 is 20.8 Å². The van der Waals surface area contributed by atoms with Crippen LogP contribution in [-0.2, 0) is 19.2 Å². The highest BCUT2D eigenvalue weighted by atomic mass is 16.4. The molecule has 2 heterocycles. The summed E-state index contributed by atoms with van der Waals surface area (Å²) >= 11 is 0. The molecule has 0 radical (unpaired) electrons. The first kappa shape index (κ1) is 28.8. The van der Waals surface area contributed by atoms with E-state index in [-0.39, 0.29) is 0 Å². The van der Waals surface area contributed by atoms with E-state index < -0.39 is 59.8 Å². The third-order valence-corrected chi connectivity index (χ3v) is 8.24. The zero-order valence-electron chi connectivity index (χ0n) is 23.4. The Kier molecular flexibility index (Phi) is 7.93. The molecule has 44 heavy (non-hydrogen) atoms. The normalized spacial score (nSPS) is 24.7. The first-order valence-corrected chi connectivity index (χ1v) is 14.2. The number of para-hydroxylation sites is 2. The maximum Gasteiger partial charge on any atom is 0.310 e. The molecular weight excluding hydrogens is 560 g/mol. The van der Waals surface area contributed by atoms with Crippen molar-refractivity contribution in [3.63, 3.8) is 0 Å². The summed E-state index contributed by atoms with van der Waals surface area (Å²) in [4.78, 5) is 54.7. The van der Waals surface area contributed by atoms with Crippen molar-refractivity contribution in [3.05, 3.63) is 132 Å². The Morgan fingerprint density at radius 3 is 1.07 bits per heavy atom. The number of nitrogens with one attached hydrogen (secondary N) is 2. The number of fused-ring (bicyclic) bond motifs is 1. The zero-order valence-corrected chi connectivity index (χ0v) is 23.4. The summed E-state index contributed by atoms with van der Waals surface area (Å²) in [6.07, 6.45) is 0. The van der Waals surface area contributed by atoms with Crippen LogP contribution in [0, 0.1) is 11.8 Å². The van der Waals surface area contributed by atoms with Crippen LogP contribution in [0.15, 0.2) is 121 Å². The van der Waals surface area contributed by atoms with Gasteiger partial charge in [0.2, 0.25) is 11.8 Å². The van der Waals surface area contributed by atoms with Crippen LogP contribution in [0.25, 0.3) is 0 Å². The van der Waals surface area contributed by atoms with Crippen LogP contribution >= 0.6 is 0 Å². The van der Waals surface area contributed by atoms with Gasteiger partial charge in [0, 0.05) is 11.4 Å². The molecule has 4 aromatic rings. The molecule has 2 fully saturated rings. The first-order chi connectivity index (χ1) is 21.4. The van der Waals surface area contributed by atoms with Crippen LogP contribution in [0.1, 0.15) is 23.2 Å². The highest BCUT2D eigenvalue weighted by Gasteiger charge is 2.67. The van der Waals surface area contributed by atoms with Crippen LogP contribution in [-0.4, -0.2) is 56.1 Å². The minimum absolute atomic E-state index is 0.458. The van der Waals surface area contributed by atoms with E-state index in [0.717, 1.165) is 0 Å². The van der Waals surface area contributed by atoms with Crippen LogP contribution in [0.3, 0.4) is 0 Å². The average molecular weight is 591 g/mol. The topological polar surface area (TPSA) is 139 Å². The fraction of sp³-hybridized carbons (Fsp3) is 0.176. The molecule has 4 aromatic carbocycles. The second kappa shape index (κ2) is 12.1. The number of hydrogen-bond donors (Lipinski definition) is 4. The van der Waals surface area contributed by atoms with Gasteiger partial charge in [0.15, 0.2) is 0 Å². The maximum atomic E-state index is 14.2. The Bertz CT molecular complexity index is 1530. The molecule has 0 bridgehead atoms. The van der Waals surface area contributed by atoms with E-state index in [1.54, 1.807) is 121 Å². The molecule has 10 heteroatoms. The van der Waals surface area contributed by atoms with E-state index in [0.29, 0.717) is 22.5 Å². The molecule has 6 rings (SSSR count). The van der Waals surface area contributed by atoms with E-state index in [1.165, 1.54) is 10.0 Å². The smallest absolute Gasteiger partial charge is 0.310 e. The number of aliphatic carboxylic acids is 2. The third-order valence-electron chi connectivity index (χ3n) is 8.24. The van der Waals surface area contributed by atoms with Gasteiger partial charge in [-0.2, -0.15) is 0 Å². The minimum atomic E-state index is -1.36. The first-order valence-electron chi connectivity index (χ1n) is 14.2. The van der Waals surface area contributed by atoms with Gasteiger partial charge in [0.05, 0.1) is 12.1 Å².